The van der Waals surface area contributed by atoms with Gasteiger partial charge in [0.15, 0.2) is 0 Å². The van der Waals surface area contributed by atoms with Crippen LogP contribution in [0.3, 0.4) is 0 Å². The Kier molecular flexibility index (Phi) is 4.07. The zero-order valence-corrected chi connectivity index (χ0v) is 6.10. The molecule has 0 rings (SSSR count). The van der Waals surface area contributed by atoms with E-state index < -0.39 is 0 Å². The molecule has 40 valence electrons. The Hall–Kier alpha value is -0.0600. The highest BCUT2D eigenvalue weighted by atomic mass is 127. The summed E-state index contributed by atoms with van der Waals surface area (Å²) in [6.45, 7) is 1.80. The Morgan fingerprint density at radius 1 is 1.86 bits per heavy atom. The van der Waals surface area contributed by atoms with E-state index >= 15 is 0 Å². The number of carbonyl (C=O) groups excluding carboxylic acids is 1. The van der Waals surface area contributed by atoms with Crippen LogP contribution < -0.4 is 3.53 Å². The Morgan fingerprint density at radius 3 is 2.57 bits per heavy atom. The fraction of sp³-hybridized carbons (Fsp3) is 0.250. The van der Waals surface area contributed by atoms with Gasteiger partial charge in [0.2, 0.25) is 0 Å². The molecule has 0 aromatic rings. The number of halogens is 1. The number of carbonyl (C=O) groups is 1. The molecule has 0 bridgehead atoms. The van der Waals surface area contributed by atoms with Crippen LogP contribution in [0.2, 0.25) is 0 Å². The molecule has 0 unspecified atom stereocenters. The first-order valence-electron chi connectivity index (χ1n) is 1.84. The van der Waals surface area contributed by atoms with Gasteiger partial charge in [-0.25, -0.2) is 0 Å². The lowest BCUT2D eigenvalue weighted by Gasteiger charge is -1.81. The fourth-order valence-electron chi connectivity index (χ4n) is 0.183. The first-order valence-corrected chi connectivity index (χ1v) is 2.92. The second-order valence-corrected chi connectivity index (χ2v) is 1.50. The summed E-state index contributed by atoms with van der Waals surface area (Å²) in [4.78, 5) is 10.2. The standard InChI is InChI=1S/C4H6INO/c1-2-3-4(7)6-5/h2-3H,1H3,(H,6,7)/b3-2+. The average molecular weight is 211 g/mol. The second kappa shape index (κ2) is 4.11. The molecule has 0 saturated heterocycles. The van der Waals surface area contributed by atoms with E-state index in [9.17, 15) is 4.79 Å². The van der Waals surface area contributed by atoms with Gasteiger partial charge >= 0.3 is 0 Å². The highest BCUT2D eigenvalue weighted by Gasteiger charge is 1.82. The number of rotatable bonds is 1. The number of hydrogen-bond donors (Lipinski definition) is 1. The van der Waals surface area contributed by atoms with E-state index in [0.717, 1.165) is 0 Å². The Bertz CT molecular complexity index is 89.7. The molecule has 0 radical (unpaired) electrons. The van der Waals surface area contributed by atoms with Gasteiger partial charge < -0.3 is 0 Å². The summed E-state index contributed by atoms with van der Waals surface area (Å²) in [5, 5.41) is 0. The molecule has 3 heteroatoms. The van der Waals surface area contributed by atoms with Crippen molar-refractivity contribution in [1.82, 2.24) is 3.53 Å². The van der Waals surface area contributed by atoms with Crippen molar-refractivity contribution in [3.05, 3.63) is 12.2 Å². The summed E-state index contributed by atoms with van der Waals surface area (Å²) in [7, 11) is 0. The van der Waals surface area contributed by atoms with Gasteiger partial charge in [-0.15, -0.1) is 0 Å². The van der Waals surface area contributed by atoms with Gasteiger partial charge in [0.05, 0.1) is 22.9 Å². The lowest BCUT2D eigenvalue weighted by molar-refractivity contribution is -0.114. The quantitative estimate of drug-likeness (QED) is 0.391. The van der Waals surface area contributed by atoms with Crippen LogP contribution in [0.1, 0.15) is 6.92 Å². The van der Waals surface area contributed by atoms with Crippen LogP contribution in [-0.4, -0.2) is 5.91 Å². The van der Waals surface area contributed by atoms with E-state index in [1.54, 1.807) is 35.9 Å². The molecular weight excluding hydrogens is 205 g/mol. The monoisotopic (exact) mass is 211 g/mol. The molecule has 0 atom stereocenters. The molecule has 0 saturated carbocycles. The zero-order valence-electron chi connectivity index (χ0n) is 3.94. The van der Waals surface area contributed by atoms with Crippen LogP contribution in [0.5, 0.6) is 0 Å². The molecule has 0 fully saturated rings. The van der Waals surface area contributed by atoms with E-state index in [2.05, 4.69) is 3.53 Å². The molecule has 0 aliphatic rings. The van der Waals surface area contributed by atoms with Crippen molar-refractivity contribution in [3.63, 3.8) is 0 Å². The number of amides is 1. The lowest BCUT2D eigenvalue weighted by Crippen LogP contribution is -2.05. The third kappa shape index (κ3) is 3.78. The smallest absolute Gasteiger partial charge is 0.252 e. The van der Waals surface area contributed by atoms with Crippen LogP contribution in [0.25, 0.3) is 0 Å². The molecule has 0 aliphatic carbocycles. The van der Waals surface area contributed by atoms with Crippen molar-refractivity contribution < 1.29 is 4.79 Å². The topological polar surface area (TPSA) is 29.1 Å². The minimum Gasteiger partial charge on any atom is -0.295 e. The first-order chi connectivity index (χ1) is 3.31. The summed E-state index contributed by atoms with van der Waals surface area (Å²) in [5.74, 6) is -0.0666. The summed E-state index contributed by atoms with van der Waals surface area (Å²) < 4.78 is 2.41. The molecular formula is C4H6INO. The molecule has 0 spiro atoms. The maximum atomic E-state index is 10.2. The van der Waals surface area contributed by atoms with Gasteiger partial charge in [-0.2, -0.15) is 0 Å². The molecule has 0 heterocycles. The molecule has 0 aromatic carbocycles. The molecule has 0 aliphatic heterocycles. The van der Waals surface area contributed by atoms with E-state index in [-0.39, 0.29) is 5.91 Å². The molecule has 7 heavy (non-hydrogen) atoms. The highest BCUT2D eigenvalue weighted by Crippen LogP contribution is 1.74. The van der Waals surface area contributed by atoms with Crippen LogP contribution in [0.15, 0.2) is 12.2 Å². The van der Waals surface area contributed by atoms with Crippen LogP contribution >= 0.6 is 22.9 Å². The summed E-state index contributed by atoms with van der Waals surface area (Å²) >= 11 is 1.79. The zero-order chi connectivity index (χ0) is 5.70. The second-order valence-electron chi connectivity index (χ2n) is 0.959. The van der Waals surface area contributed by atoms with E-state index in [1.807, 2.05) is 0 Å². The van der Waals surface area contributed by atoms with Gasteiger partial charge in [0, 0.05) is 0 Å². The Balaban J connectivity index is 3.37. The van der Waals surface area contributed by atoms with Crippen molar-refractivity contribution in [2.75, 3.05) is 0 Å². The van der Waals surface area contributed by atoms with Crippen molar-refractivity contribution in [2.45, 2.75) is 6.92 Å². The maximum Gasteiger partial charge on any atom is 0.252 e. The van der Waals surface area contributed by atoms with E-state index in [4.69, 9.17) is 0 Å². The number of nitrogens with one attached hydrogen (secondary N) is 1. The van der Waals surface area contributed by atoms with Crippen molar-refractivity contribution in [1.29, 1.82) is 0 Å². The van der Waals surface area contributed by atoms with Crippen molar-refractivity contribution in [2.24, 2.45) is 0 Å². The SMILES string of the molecule is C/C=C/C(=O)NI. The van der Waals surface area contributed by atoms with Crippen molar-refractivity contribution in [3.8, 4) is 0 Å². The highest BCUT2D eigenvalue weighted by molar-refractivity contribution is 14.1. The van der Waals surface area contributed by atoms with Crippen LogP contribution in [0, 0.1) is 0 Å². The van der Waals surface area contributed by atoms with Crippen molar-refractivity contribution >= 4 is 28.8 Å². The van der Waals surface area contributed by atoms with Gasteiger partial charge in [-0.1, -0.05) is 6.08 Å². The predicted molar refractivity (Wildman–Crippen MR) is 37.0 cm³/mol. The average Bonchev–Trinajstić information content (AvgIpc) is 1.68. The lowest BCUT2D eigenvalue weighted by atomic mass is 10.5. The van der Waals surface area contributed by atoms with Crippen LogP contribution in [0.4, 0.5) is 0 Å². The molecule has 2 nitrogen and oxygen atoms in total. The van der Waals surface area contributed by atoms with Gasteiger partial charge in [0.1, 0.15) is 0 Å². The largest absolute Gasteiger partial charge is 0.295 e. The van der Waals surface area contributed by atoms with E-state index in [1.165, 1.54) is 6.08 Å². The fourth-order valence-corrected chi connectivity index (χ4v) is 0.363. The first kappa shape index (κ1) is 6.94. The van der Waals surface area contributed by atoms with Gasteiger partial charge in [-0.3, -0.25) is 8.32 Å². The molecule has 1 N–H and O–H groups in total. The summed E-state index contributed by atoms with van der Waals surface area (Å²) in [6.07, 6.45) is 3.15. The van der Waals surface area contributed by atoms with E-state index in [0.29, 0.717) is 0 Å². The maximum absolute atomic E-state index is 10.2. The summed E-state index contributed by atoms with van der Waals surface area (Å²) in [5.41, 5.74) is 0. The minimum atomic E-state index is -0.0666. The Labute approximate surface area is 56.5 Å². The van der Waals surface area contributed by atoms with Gasteiger partial charge in [0.25, 0.3) is 5.91 Å². The Morgan fingerprint density at radius 2 is 2.43 bits per heavy atom. The normalized spacial score (nSPS) is 9.43. The minimum absolute atomic E-state index is 0.0666. The van der Waals surface area contributed by atoms with Gasteiger partial charge in [-0.05, 0) is 13.0 Å². The number of allylic oxidation sites excluding steroid dienone is 1. The number of hydrogen-bond acceptors (Lipinski definition) is 1. The third-order valence-electron chi connectivity index (χ3n) is 0.411. The third-order valence-corrected chi connectivity index (χ3v) is 0.943. The molecule has 0 aromatic heterocycles. The summed E-state index contributed by atoms with van der Waals surface area (Å²) in [6, 6.07) is 0. The predicted octanol–water partition coefficient (Wildman–Crippen LogP) is 1.03. The van der Waals surface area contributed by atoms with Crippen LogP contribution in [-0.2, 0) is 4.79 Å². The molecule has 1 amide bonds.